The Labute approximate surface area is 334 Å². The molecule has 10 aromatic rings. The van der Waals surface area contributed by atoms with E-state index in [0.29, 0.717) is 0 Å². The first-order chi connectivity index (χ1) is 28.3. The minimum absolute atomic E-state index is 1.09. The number of fused-ring (bicyclic) bond motifs is 3. The fraction of sp³-hybridized carbons (Fsp3) is 0. The van der Waals surface area contributed by atoms with Crippen LogP contribution in [0.4, 0.5) is 17.1 Å². The highest BCUT2D eigenvalue weighted by molar-refractivity contribution is 6.13. The second-order valence-electron chi connectivity index (χ2n) is 14.5. The minimum atomic E-state index is 1.09. The summed E-state index contributed by atoms with van der Waals surface area (Å²) in [7, 11) is 0. The van der Waals surface area contributed by atoms with Gasteiger partial charge in [0.25, 0.3) is 0 Å². The van der Waals surface area contributed by atoms with Gasteiger partial charge in [-0.25, -0.2) is 0 Å². The average molecular weight is 726 g/mol. The summed E-state index contributed by atoms with van der Waals surface area (Å²) in [4.78, 5) is 2.39. The topological polar surface area (TPSA) is 3.24 Å². The molecule has 0 bridgehead atoms. The van der Waals surface area contributed by atoms with Gasteiger partial charge < -0.3 is 4.90 Å². The molecule has 0 unspecified atom stereocenters. The molecule has 0 amide bonds. The van der Waals surface area contributed by atoms with Crippen LogP contribution in [0.2, 0.25) is 0 Å². The summed E-state index contributed by atoms with van der Waals surface area (Å²) in [6.45, 7) is 0. The first-order valence-corrected chi connectivity index (χ1v) is 19.6. The molecule has 0 aliphatic heterocycles. The van der Waals surface area contributed by atoms with E-state index >= 15 is 0 Å². The number of anilines is 3. The van der Waals surface area contributed by atoms with Crippen LogP contribution < -0.4 is 4.90 Å². The van der Waals surface area contributed by atoms with Crippen molar-refractivity contribution in [1.82, 2.24) is 0 Å². The lowest BCUT2D eigenvalue weighted by molar-refractivity contribution is 1.28. The van der Waals surface area contributed by atoms with Crippen LogP contribution in [0.1, 0.15) is 0 Å². The molecular weight excluding hydrogens is 687 g/mol. The van der Waals surface area contributed by atoms with Gasteiger partial charge in [0.1, 0.15) is 0 Å². The van der Waals surface area contributed by atoms with E-state index in [1.54, 1.807) is 0 Å². The van der Waals surface area contributed by atoms with Gasteiger partial charge in [-0.05, 0) is 120 Å². The molecular formula is C56H39N. The molecule has 0 heterocycles. The first-order valence-electron chi connectivity index (χ1n) is 19.6. The van der Waals surface area contributed by atoms with E-state index in [0.717, 1.165) is 28.2 Å². The summed E-state index contributed by atoms with van der Waals surface area (Å²) >= 11 is 0. The van der Waals surface area contributed by atoms with E-state index in [2.05, 4.69) is 241 Å². The fourth-order valence-corrected chi connectivity index (χ4v) is 8.30. The maximum absolute atomic E-state index is 2.39. The Bertz CT molecular complexity index is 2970. The van der Waals surface area contributed by atoms with Crippen molar-refractivity contribution in [2.45, 2.75) is 0 Å². The van der Waals surface area contributed by atoms with Gasteiger partial charge in [-0.1, -0.05) is 188 Å². The largest absolute Gasteiger partial charge is 0.310 e. The molecule has 10 rings (SSSR count). The van der Waals surface area contributed by atoms with Crippen molar-refractivity contribution in [3.8, 4) is 55.6 Å². The summed E-state index contributed by atoms with van der Waals surface area (Å²) in [5.41, 5.74) is 15.2. The molecule has 0 aromatic heterocycles. The zero-order valence-corrected chi connectivity index (χ0v) is 31.5. The quantitative estimate of drug-likeness (QED) is 0.141. The molecule has 0 fully saturated rings. The zero-order chi connectivity index (χ0) is 38.0. The van der Waals surface area contributed by atoms with Crippen molar-refractivity contribution in [3.05, 3.63) is 237 Å². The number of benzene rings is 10. The van der Waals surface area contributed by atoms with Gasteiger partial charge in [0, 0.05) is 16.9 Å². The Morgan fingerprint density at radius 3 is 1.39 bits per heavy atom. The van der Waals surface area contributed by atoms with Crippen molar-refractivity contribution >= 4 is 38.6 Å². The maximum Gasteiger partial charge on any atom is 0.0540 e. The number of rotatable bonds is 8. The van der Waals surface area contributed by atoms with E-state index in [1.165, 1.54) is 66.1 Å². The highest BCUT2D eigenvalue weighted by Gasteiger charge is 2.20. The molecule has 0 radical (unpaired) electrons. The van der Waals surface area contributed by atoms with Crippen LogP contribution in [-0.4, -0.2) is 0 Å². The van der Waals surface area contributed by atoms with E-state index < -0.39 is 0 Å². The van der Waals surface area contributed by atoms with Gasteiger partial charge in [-0.15, -0.1) is 0 Å². The molecule has 0 atom stereocenters. The molecule has 1 heteroatoms. The van der Waals surface area contributed by atoms with Crippen molar-refractivity contribution in [3.63, 3.8) is 0 Å². The maximum atomic E-state index is 2.39. The standard InChI is InChI=1S/C56H39N/c1-5-17-40(18-6-1)44-31-35-50(53(37-44)41-19-7-2-8-20-41)46-32-36-56(55(39-46)42-21-9-3-10-22-42)57(47-24-11-4-12-25-47)48-33-29-43(30-34-48)54-38-45-23-13-14-26-49(45)51-27-15-16-28-52(51)54/h1-39H. The molecule has 0 spiro atoms. The summed E-state index contributed by atoms with van der Waals surface area (Å²) in [5, 5.41) is 5.07. The van der Waals surface area contributed by atoms with Gasteiger partial charge in [0.05, 0.1) is 5.69 Å². The smallest absolute Gasteiger partial charge is 0.0540 e. The van der Waals surface area contributed by atoms with Crippen LogP contribution in [0.15, 0.2) is 237 Å². The van der Waals surface area contributed by atoms with Crippen LogP contribution in [0.25, 0.3) is 77.2 Å². The molecule has 0 N–H and O–H groups in total. The zero-order valence-electron chi connectivity index (χ0n) is 31.5. The highest BCUT2D eigenvalue weighted by atomic mass is 15.1. The summed E-state index contributed by atoms with van der Waals surface area (Å²) in [5.74, 6) is 0. The SMILES string of the molecule is c1ccc(-c2ccc(-c3ccc(N(c4ccccc4)c4ccc(-c5cc6ccccc6c6ccccc56)cc4)c(-c4ccccc4)c3)c(-c3ccccc3)c2)cc1. The Morgan fingerprint density at radius 1 is 0.228 bits per heavy atom. The Hall–Kier alpha value is -7.48. The van der Waals surface area contributed by atoms with Crippen molar-refractivity contribution in [1.29, 1.82) is 0 Å². The van der Waals surface area contributed by atoms with Crippen LogP contribution in [-0.2, 0) is 0 Å². The lowest BCUT2D eigenvalue weighted by Crippen LogP contribution is -2.11. The number of para-hydroxylation sites is 1. The normalized spacial score (nSPS) is 11.2. The van der Waals surface area contributed by atoms with Gasteiger partial charge in [0.2, 0.25) is 0 Å². The monoisotopic (exact) mass is 725 g/mol. The highest BCUT2D eigenvalue weighted by Crippen LogP contribution is 2.45. The Balaban J connectivity index is 1.13. The Morgan fingerprint density at radius 2 is 0.702 bits per heavy atom. The summed E-state index contributed by atoms with van der Waals surface area (Å²) < 4.78 is 0. The van der Waals surface area contributed by atoms with Gasteiger partial charge in [0.15, 0.2) is 0 Å². The lowest BCUT2D eigenvalue weighted by atomic mass is 9.89. The minimum Gasteiger partial charge on any atom is -0.310 e. The van der Waals surface area contributed by atoms with Crippen molar-refractivity contribution in [2.75, 3.05) is 4.90 Å². The van der Waals surface area contributed by atoms with Crippen LogP contribution in [0, 0.1) is 0 Å². The predicted octanol–water partition coefficient (Wildman–Crippen LogP) is 15.8. The van der Waals surface area contributed by atoms with Crippen molar-refractivity contribution < 1.29 is 0 Å². The first kappa shape index (κ1) is 34.0. The molecule has 268 valence electrons. The molecule has 57 heavy (non-hydrogen) atoms. The average Bonchev–Trinajstić information content (AvgIpc) is 3.30. The number of hydrogen-bond donors (Lipinski definition) is 0. The summed E-state index contributed by atoms with van der Waals surface area (Å²) in [6.07, 6.45) is 0. The number of nitrogens with zero attached hydrogens (tertiary/aromatic N) is 1. The molecule has 1 nitrogen and oxygen atoms in total. The van der Waals surface area contributed by atoms with Gasteiger partial charge >= 0.3 is 0 Å². The predicted molar refractivity (Wildman–Crippen MR) is 243 cm³/mol. The third-order valence-corrected chi connectivity index (χ3v) is 11.1. The fourth-order valence-electron chi connectivity index (χ4n) is 8.30. The van der Waals surface area contributed by atoms with E-state index in [-0.39, 0.29) is 0 Å². The van der Waals surface area contributed by atoms with Crippen molar-refractivity contribution in [2.24, 2.45) is 0 Å². The molecule has 0 aliphatic carbocycles. The number of hydrogen-bond acceptors (Lipinski definition) is 1. The van der Waals surface area contributed by atoms with Crippen LogP contribution in [0.5, 0.6) is 0 Å². The Kier molecular flexibility index (Phi) is 8.95. The van der Waals surface area contributed by atoms with Crippen LogP contribution >= 0.6 is 0 Å². The van der Waals surface area contributed by atoms with Gasteiger partial charge in [-0.2, -0.15) is 0 Å². The third kappa shape index (κ3) is 6.56. The van der Waals surface area contributed by atoms with E-state index in [1.807, 2.05) is 0 Å². The second-order valence-corrected chi connectivity index (χ2v) is 14.5. The molecule has 10 aromatic carbocycles. The third-order valence-electron chi connectivity index (χ3n) is 11.1. The molecule has 0 saturated heterocycles. The van der Waals surface area contributed by atoms with E-state index in [4.69, 9.17) is 0 Å². The molecule has 0 aliphatic rings. The molecule has 0 saturated carbocycles. The van der Waals surface area contributed by atoms with Gasteiger partial charge in [-0.3, -0.25) is 0 Å². The van der Waals surface area contributed by atoms with E-state index in [9.17, 15) is 0 Å². The lowest BCUT2D eigenvalue weighted by Gasteiger charge is -2.29. The van der Waals surface area contributed by atoms with Crippen LogP contribution in [0.3, 0.4) is 0 Å². The summed E-state index contributed by atoms with van der Waals surface area (Å²) in [6, 6.07) is 85.6. The second kappa shape index (κ2) is 15.0.